The second kappa shape index (κ2) is 6.08. The smallest absolute Gasteiger partial charge is 0.261 e. The Balaban J connectivity index is 1.54. The number of carbonyl (C=O) groups excluding carboxylic acids is 1. The number of anilines is 2. The van der Waals surface area contributed by atoms with Gasteiger partial charge in [-0.25, -0.2) is 14.6 Å². The molecule has 0 radical (unpaired) electrons. The number of aromatic nitrogens is 5. The van der Waals surface area contributed by atoms with Gasteiger partial charge in [0.05, 0.1) is 24.6 Å². The molecular weight excluding hydrogens is 318 g/mol. The van der Waals surface area contributed by atoms with Crippen molar-refractivity contribution < 1.29 is 4.79 Å². The molecule has 3 aromatic heterocycles. The number of fused-ring (bicyclic) bond motifs is 1. The molecule has 3 N–H and O–H groups in total. The van der Waals surface area contributed by atoms with Crippen LogP contribution in [0.2, 0.25) is 0 Å². The number of nitrogens with two attached hydrogens (primary N) is 1. The largest absolute Gasteiger partial charge is 0.383 e. The fourth-order valence-electron chi connectivity index (χ4n) is 2.53. The Kier molecular flexibility index (Phi) is 3.62. The van der Waals surface area contributed by atoms with E-state index in [1.165, 1.54) is 6.20 Å². The Labute approximate surface area is 142 Å². The molecule has 0 atom stereocenters. The third kappa shape index (κ3) is 2.92. The summed E-state index contributed by atoms with van der Waals surface area (Å²) in [5, 5.41) is 6.99. The second-order valence-corrected chi connectivity index (χ2v) is 5.52. The van der Waals surface area contributed by atoms with Crippen LogP contribution >= 0.6 is 0 Å². The second-order valence-electron chi connectivity index (χ2n) is 5.52. The number of nitrogen functional groups attached to an aromatic ring is 1. The van der Waals surface area contributed by atoms with E-state index in [1.807, 2.05) is 30.3 Å². The maximum absolute atomic E-state index is 12.5. The lowest BCUT2D eigenvalue weighted by Gasteiger charge is -2.07. The van der Waals surface area contributed by atoms with Gasteiger partial charge in [0, 0.05) is 18.6 Å². The first-order chi connectivity index (χ1) is 12.2. The SMILES string of the molecule is Nc1c(C(=O)Nc2cnc3nccn3c2)cnn1Cc1ccccc1. The third-order valence-electron chi connectivity index (χ3n) is 3.80. The number of nitrogens with zero attached hydrogens (tertiary/aromatic N) is 5. The Morgan fingerprint density at radius 3 is 2.84 bits per heavy atom. The fraction of sp³-hybridized carbons (Fsp3) is 0.0588. The molecule has 8 heteroatoms. The van der Waals surface area contributed by atoms with E-state index < -0.39 is 0 Å². The van der Waals surface area contributed by atoms with Gasteiger partial charge >= 0.3 is 0 Å². The molecule has 0 saturated carbocycles. The molecule has 4 rings (SSSR count). The van der Waals surface area contributed by atoms with E-state index >= 15 is 0 Å². The van der Waals surface area contributed by atoms with Crippen molar-refractivity contribution in [2.24, 2.45) is 0 Å². The van der Waals surface area contributed by atoms with Crippen molar-refractivity contribution in [3.63, 3.8) is 0 Å². The first-order valence-corrected chi connectivity index (χ1v) is 7.66. The molecule has 25 heavy (non-hydrogen) atoms. The zero-order chi connectivity index (χ0) is 17.2. The summed E-state index contributed by atoms with van der Waals surface area (Å²) in [4.78, 5) is 20.7. The van der Waals surface area contributed by atoms with E-state index in [0.717, 1.165) is 5.56 Å². The van der Waals surface area contributed by atoms with Crippen molar-refractivity contribution in [2.45, 2.75) is 6.54 Å². The summed E-state index contributed by atoms with van der Waals surface area (Å²) in [6.07, 6.45) is 8.14. The number of amides is 1. The molecule has 0 unspecified atom stereocenters. The number of hydrogen-bond donors (Lipinski definition) is 2. The molecule has 124 valence electrons. The van der Waals surface area contributed by atoms with Crippen LogP contribution in [0.25, 0.3) is 5.78 Å². The molecule has 8 nitrogen and oxygen atoms in total. The molecule has 1 aromatic carbocycles. The minimum Gasteiger partial charge on any atom is -0.383 e. The van der Waals surface area contributed by atoms with Crippen molar-refractivity contribution in [3.8, 4) is 0 Å². The molecule has 3 heterocycles. The maximum Gasteiger partial charge on any atom is 0.261 e. The lowest BCUT2D eigenvalue weighted by Crippen LogP contribution is -2.15. The van der Waals surface area contributed by atoms with Gasteiger partial charge in [-0.2, -0.15) is 5.10 Å². The predicted octanol–water partition coefficient (Wildman–Crippen LogP) is 1.81. The van der Waals surface area contributed by atoms with E-state index in [1.54, 1.807) is 33.9 Å². The summed E-state index contributed by atoms with van der Waals surface area (Å²) in [6.45, 7) is 0.502. The third-order valence-corrected chi connectivity index (χ3v) is 3.80. The van der Waals surface area contributed by atoms with Crippen molar-refractivity contribution in [3.05, 3.63) is 72.4 Å². The normalized spacial score (nSPS) is 10.9. The average molecular weight is 333 g/mol. The van der Waals surface area contributed by atoms with E-state index in [-0.39, 0.29) is 5.91 Å². The van der Waals surface area contributed by atoms with Gasteiger partial charge in [0.25, 0.3) is 5.91 Å². The van der Waals surface area contributed by atoms with Gasteiger partial charge in [-0.1, -0.05) is 30.3 Å². The molecule has 0 aliphatic carbocycles. The standard InChI is InChI=1S/C17H15N7O/c18-15-14(9-21-24(15)10-12-4-2-1-3-5-12)16(25)22-13-8-20-17-19-6-7-23(17)11-13/h1-9,11H,10,18H2,(H,22,25). The van der Waals surface area contributed by atoms with Crippen LogP contribution in [0.1, 0.15) is 15.9 Å². The van der Waals surface area contributed by atoms with Crippen molar-refractivity contribution in [1.82, 2.24) is 24.1 Å². The lowest BCUT2D eigenvalue weighted by atomic mass is 10.2. The van der Waals surface area contributed by atoms with Gasteiger partial charge in [0.2, 0.25) is 5.78 Å². The summed E-state index contributed by atoms with van der Waals surface area (Å²) in [6, 6.07) is 9.80. The molecule has 0 bridgehead atoms. The van der Waals surface area contributed by atoms with Crippen LogP contribution in [0.3, 0.4) is 0 Å². The Morgan fingerprint density at radius 1 is 1.16 bits per heavy atom. The van der Waals surface area contributed by atoms with Crippen LogP contribution in [0, 0.1) is 0 Å². The van der Waals surface area contributed by atoms with Gasteiger partial charge in [-0.05, 0) is 5.56 Å². The summed E-state index contributed by atoms with van der Waals surface area (Å²) in [7, 11) is 0. The molecule has 4 aromatic rings. The molecule has 0 saturated heterocycles. The number of carbonyl (C=O) groups is 1. The van der Waals surface area contributed by atoms with E-state index in [9.17, 15) is 4.79 Å². The fourth-order valence-corrected chi connectivity index (χ4v) is 2.53. The van der Waals surface area contributed by atoms with E-state index in [0.29, 0.717) is 29.4 Å². The van der Waals surface area contributed by atoms with Crippen LogP contribution < -0.4 is 11.1 Å². The highest BCUT2D eigenvalue weighted by Crippen LogP contribution is 2.16. The van der Waals surface area contributed by atoms with Gasteiger partial charge < -0.3 is 11.1 Å². The predicted molar refractivity (Wildman–Crippen MR) is 93.1 cm³/mol. The van der Waals surface area contributed by atoms with Crippen LogP contribution in [0.15, 0.2) is 61.3 Å². The molecule has 0 aliphatic rings. The van der Waals surface area contributed by atoms with Crippen LogP contribution in [0.5, 0.6) is 0 Å². The molecular formula is C17H15N7O. The average Bonchev–Trinajstić information content (AvgIpc) is 3.23. The van der Waals surface area contributed by atoms with E-state index in [4.69, 9.17) is 5.73 Å². The number of benzene rings is 1. The van der Waals surface area contributed by atoms with Crippen molar-refractivity contribution in [2.75, 3.05) is 11.1 Å². The summed E-state index contributed by atoms with van der Waals surface area (Å²) < 4.78 is 3.32. The van der Waals surface area contributed by atoms with E-state index in [2.05, 4.69) is 20.4 Å². The highest BCUT2D eigenvalue weighted by molar-refractivity contribution is 6.07. The first-order valence-electron chi connectivity index (χ1n) is 7.66. The minimum atomic E-state index is -0.335. The highest BCUT2D eigenvalue weighted by Gasteiger charge is 2.16. The summed E-state index contributed by atoms with van der Waals surface area (Å²) >= 11 is 0. The number of hydrogen-bond acceptors (Lipinski definition) is 5. The summed E-state index contributed by atoms with van der Waals surface area (Å²) in [5.41, 5.74) is 8.01. The zero-order valence-electron chi connectivity index (χ0n) is 13.2. The number of nitrogens with one attached hydrogen (secondary N) is 1. The number of rotatable bonds is 4. The monoisotopic (exact) mass is 333 g/mol. The maximum atomic E-state index is 12.5. The lowest BCUT2D eigenvalue weighted by molar-refractivity contribution is 0.102. The van der Waals surface area contributed by atoms with Crippen LogP contribution in [0.4, 0.5) is 11.5 Å². The Bertz CT molecular complexity index is 1040. The van der Waals surface area contributed by atoms with Gasteiger partial charge in [0.15, 0.2) is 0 Å². The topological polar surface area (TPSA) is 103 Å². The van der Waals surface area contributed by atoms with Crippen molar-refractivity contribution in [1.29, 1.82) is 0 Å². The quantitative estimate of drug-likeness (QED) is 0.593. The molecule has 0 spiro atoms. The minimum absolute atomic E-state index is 0.318. The first kappa shape index (κ1) is 14.9. The molecule has 0 fully saturated rings. The Morgan fingerprint density at radius 2 is 2.00 bits per heavy atom. The molecule has 1 amide bonds. The van der Waals surface area contributed by atoms with Gasteiger partial charge in [0.1, 0.15) is 11.4 Å². The van der Waals surface area contributed by atoms with Crippen LogP contribution in [-0.4, -0.2) is 30.1 Å². The van der Waals surface area contributed by atoms with Gasteiger partial charge in [-0.3, -0.25) is 9.20 Å². The zero-order valence-corrected chi connectivity index (χ0v) is 13.2. The molecule has 0 aliphatic heterocycles. The van der Waals surface area contributed by atoms with Crippen molar-refractivity contribution >= 4 is 23.2 Å². The Hall–Kier alpha value is -3.68. The highest BCUT2D eigenvalue weighted by atomic mass is 16.1. The van der Waals surface area contributed by atoms with Gasteiger partial charge in [-0.15, -0.1) is 0 Å². The number of imidazole rings is 1. The summed E-state index contributed by atoms with van der Waals surface area (Å²) in [5.74, 6) is 0.546. The van der Waals surface area contributed by atoms with Crippen LogP contribution in [-0.2, 0) is 6.54 Å².